The monoisotopic (exact) mass is 390 g/mol. The van der Waals surface area contributed by atoms with Crippen LogP contribution in [0.15, 0.2) is 24.3 Å². The summed E-state index contributed by atoms with van der Waals surface area (Å²) >= 11 is 0. The predicted molar refractivity (Wildman–Crippen MR) is 106 cm³/mol. The zero-order valence-corrected chi connectivity index (χ0v) is 16.5. The smallest absolute Gasteiger partial charge is 0.303 e. The van der Waals surface area contributed by atoms with Gasteiger partial charge < -0.3 is 10.4 Å². The first-order valence-electron chi connectivity index (χ1n) is 10.4. The Balaban J connectivity index is 1.51. The van der Waals surface area contributed by atoms with Crippen LogP contribution < -0.4 is 5.32 Å². The highest BCUT2D eigenvalue weighted by atomic mass is 19.1. The minimum absolute atomic E-state index is 0.0206. The highest BCUT2D eigenvalue weighted by Crippen LogP contribution is 2.40. The van der Waals surface area contributed by atoms with E-state index >= 15 is 0 Å². The van der Waals surface area contributed by atoms with Crippen molar-refractivity contribution in [3.8, 4) is 0 Å². The van der Waals surface area contributed by atoms with Crippen LogP contribution in [0.1, 0.15) is 56.9 Å². The van der Waals surface area contributed by atoms with Crippen molar-refractivity contribution < 1.29 is 19.1 Å². The van der Waals surface area contributed by atoms with Crippen LogP contribution in [0.5, 0.6) is 0 Å². The fraction of sp³-hybridized carbons (Fsp3) is 0.636. The lowest BCUT2D eigenvalue weighted by molar-refractivity contribution is -0.137. The first-order chi connectivity index (χ1) is 13.5. The zero-order valence-electron chi connectivity index (χ0n) is 16.5. The molecule has 3 rings (SSSR count). The Morgan fingerprint density at radius 3 is 2.57 bits per heavy atom. The topological polar surface area (TPSA) is 69.6 Å². The molecule has 1 aromatic carbocycles. The first-order valence-corrected chi connectivity index (χ1v) is 10.4. The van der Waals surface area contributed by atoms with E-state index in [4.69, 9.17) is 5.11 Å². The summed E-state index contributed by atoms with van der Waals surface area (Å²) in [6.45, 7) is 2.64. The molecule has 28 heavy (non-hydrogen) atoms. The molecular formula is C22H31FN2O3. The number of likely N-dealkylation sites (tertiary alicyclic amines) is 1. The van der Waals surface area contributed by atoms with Gasteiger partial charge >= 0.3 is 5.97 Å². The number of rotatable bonds is 8. The molecular weight excluding hydrogens is 359 g/mol. The van der Waals surface area contributed by atoms with E-state index in [9.17, 15) is 14.0 Å². The maximum absolute atomic E-state index is 13.3. The van der Waals surface area contributed by atoms with Gasteiger partial charge in [0.05, 0.1) is 6.54 Å². The van der Waals surface area contributed by atoms with Crippen LogP contribution in [-0.4, -0.2) is 48.1 Å². The average molecular weight is 390 g/mol. The molecule has 1 unspecified atom stereocenters. The van der Waals surface area contributed by atoms with Gasteiger partial charge in [-0.15, -0.1) is 0 Å². The van der Waals surface area contributed by atoms with Gasteiger partial charge in [0.25, 0.3) is 0 Å². The number of benzene rings is 1. The number of nitrogens with zero attached hydrogens (tertiary/aromatic N) is 1. The van der Waals surface area contributed by atoms with Gasteiger partial charge in [0.1, 0.15) is 5.82 Å². The Labute approximate surface area is 166 Å². The summed E-state index contributed by atoms with van der Waals surface area (Å²) in [5.41, 5.74) is 1.02. The van der Waals surface area contributed by atoms with Gasteiger partial charge in [0.2, 0.25) is 5.91 Å². The maximum atomic E-state index is 13.3. The SMILES string of the molecule is O=C(O)CCC1CCCN(CC(=O)NCC2(c3ccc(F)cc3)CCCC2)C1. The van der Waals surface area contributed by atoms with Gasteiger partial charge in [-0.2, -0.15) is 0 Å². The fourth-order valence-corrected chi connectivity index (χ4v) is 4.81. The lowest BCUT2D eigenvalue weighted by Gasteiger charge is -2.33. The molecule has 0 radical (unpaired) electrons. The lowest BCUT2D eigenvalue weighted by atomic mass is 9.79. The molecule has 2 aliphatic rings. The highest BCUT2D eigenvalue weighted by Gasteiger charge is 2.36. The van der Waals surface area contributed by atoms with Crippen LogP contribution >= 0.6 is 0 Å². The second-order valence-corrected chi connectivity index (χ2v) is 8.45. The Kier molecular flexibility index (Phi) is 7.05. The molecule has 6 heteroatoms. The van der Waals surface area contributed by atoms with Crippen molar-refractivity contribution in [3.63, 3.8) is 0 Å². The van der Waals surface area contributed by atoms with Crippen molar-refractivity contribution in [1.29, 1.82) is 0 Å². The van der Waals surface area contributed by atoms with Gasteiger partial charge in [0, 0.05) is 24.9 Å². The molecule has 0 bridgehead atoms. The number of amides is 1. The summed E-state index contributed by atoms with van der Waals surface area (Å²) in [4.78, 5) is 25.5. The molecule has 1 amide bonds. The number of hydrogen-bond acceptors (Lipinski definition) is 3. The number of nitrogens with one attached hydrogen (secondary N) is 1. The number of piperidine rings is 1. The molecule has 0 aromatic heterocycles. The molecule has 5 nitrogen and oxygen atoms in total. The molecule has 2 N–H and O–H groups in total. The van der Waals surface area contributed by atoms with Crippen molar-refractivity contribution in [2.75, 3.05) is 26.2 Å². The number of carboxylic acid groups (broad SMARTS) is 1. The van der Waals surface area contributed by atoms with Crippen molar-refractivity contribution in [3.05, 3.63) is 35.6 Å². The van der Waals surface area contributed by atoms with E-state index < -0.39 is 5.97 Å². The van der Waals surface area contributed by atoms with E-state index in [1.54, 1.807) is 0 Å². The molecule has 1 aromatic rings. The number of carbonyl (C=O) groups is 2. The molecule has 1 heterocycles. The number of halogens is 1. The second kappa shape index (κ2) is 9.50. The summed E-state index contributed by atoms with van der Waals surface area (Å²) in [6.07, 6.45) is 7.22. The second-order valence-electron chi connectivity index (χ2n) is 8.45. The quantitative estimate of drug-likeness (QED) is 0.714. The van der Waals surface area contributed by atoms with E-state index in [0.29, 0.717) is 25.4 Å². The van der Waals surface area contributed by atoms with Gasteiger partial charge in [0.15, 0.2) is 0 Å². The van der Waals surface area contributed by atoms with E-state index in [0.717, 1.165) is 57.2 Å². The predicted octanol–water partition coefficient (Wildman–Crippen LogP) is 3.33. The number of hydrogen-bond donors (Lipinski definition) is 2. The molecule has 2 fully saturated rings. The number of carboxylic acids is 1. The lowest BCUT2D eigenvalue weighted by Crippen LogP contribution is -2.46. The molecule has 1 atom stereocenters. The van der Waals surface area contributed by atoms with Crippen molar-refractivity contribution >= 4 is 11.9 Å². The van der Waals surface area contributed by atoms with Crippen LogP contribution in [0.25, 0.3) is 0 Å². The Bertz CT molecular complexity index is 671. The zero-order chi connectivity index (χ0) is 20.0. The number of aliphatic carboxylic acids is 1. The van der Waals surface area contributed by atoms with Crippen LogP contribution in [0.2, 0.25) is 0 Å². The fourth-order valence-electron chi connectivity index (χ4n) is 4.81. The third kappa shape index (κ3) is 5.53. The van der Waals surface area contributed by atoms with E-state index in [2.05, 4.69) is 10.2 Å². The largest absolute Gasteiger partial charge is 0.481 e. The minimum atomic E-state index is -0.752. The summed E-state index contributed by atoms with van der Waals surface area (Å²) < 4.78 is 13.3. The van der Waals surface area contributed by atoms with Crippen molar-refractivity contribution in [1.82, 2.24) is 10.2 Å². The van der Waals surface area contributed by atoms with Gasteiger partial charge in [-0.05, 0) is 62.3 Å². The van der Waals surface area contributed by atoms with E-state index in [1.807, 2.05) is 12.1 Å². The highest BCUT2D eigenvalue weighted by molar-refractivity contribution is 5.78. The Hall–Kier alpha value is -1.95. The minimum Gasteiger partial charge on any atom is -0.481 e. The van der Waals surface area contributed by atoms with Crippen molar-refractivity contribution in [2.45, 2.75) is 56.8 Å². The van der Waals surface area contributed by atoms with Crippen LogP contribution in [0, 0.1) is 11.7 Å². The summed E-state index contributed by atoms with van der Waals surface area (Å²) in [6, 6.07) is 6.71. The van der Waals surface area contributed by atoms with Crippen molar-refractivity contribution in [2.24, 2.45) is 5.92 Å². The maximum Gasteiger partial charge on any atom is 0.303 e. The number of carbonyl (C=O) groups excluding carboxylic acids is 1. The average Bonchev–Trinajstić information content (AvgIpc) is 3.16. The Morgan fingerprint density at radius 2 is 1.89 bits per heavy atom. The summed E-state index contributed by atoms with van der Waals surface area (Å²) in [5, 5.41) is 12.0. The molecule has 1 saturated carbocycles. The standard InChI is InChI=1S/C22H31FN2O3/c23-19-8-6-18(7-9-19)22(11-1-2-12-22)16-24-20(26)15-25-13-3-4-17(14-25)5-10-21(27)28/h6-9,17H,1-5,10-16H2,(H,24,26)(H,27,28). The first kappa shape index (κ1) is 20.8. The Morgan fingerprint density at radius 1 is 1.18 bits per heavy atom. The molecule has 1 aliphatic heterocycles. The third-order valence-electron chi connectivity index (χ3n) is 6.38. The van der Waals surface area contributed by atoms with Gasteiger partial charge in [-0.3, -0.25) is 14.5 Å². The summed E-state index contributed by atoms with van der Waals surface area (Å²) in [5.74, 6) is -0.605. The normalized spacial score (nSPS) is 22.1. The molecule has 1 aliphatic carbocycles. The summed E-state index contributed by atoms with van der Waals surface area (Å²) in [7, 11) is 0. The van der Waals surface area contributed by atoms with Crippen LogP contribution in [0.3, 0.4) is 0 Å². The van der Waals surface area contributed by atoms with E-state index in [-0.39, 0.29) is 23.6 Å². The molecule has 154 valence electrons. The van der Waals surface area contributed by atoms with Gasteiger partial charge in [-0.1, -0.05) is 25.0 Å². The van der Waals surface area contributed by atoms with Crippen LogP contribution in [0.4, 0.5) is 4.39 Å². The van der Waals surface area contributed by atoms with Gasteiger partial charge in [-0.25, -0.2) is 4.39 Å². The van der Waals surface area contributed by atoms with E-state index in [1.165, 1.54) is 12.1 Å². The van der Waals surface area contributed by atoms with Crippen LogP contribution in [-0.2, 0) is 15.0 Å². The third-order valence-corrected chi connectivity index (χ3v) is 6.38. The molecule has 0 spiro atoms. The molecule has 1 saturated heterocycles.